The molecule has 0 aromatic heterocycles. The second kappa shape index (κ2) is 8.78. The van der Waals surface area contributed by atoms with Gasteiger partial charge < -0.3 is 31.0 Å². The molecule has 0 aliphatic carbocycles. The number of nitrogens with two attached hydrogens (primary N) is 2. The fourth-order valence-electron chi connectivity index (χ4n) is 5.77. The van der Waals surface area contributed by atoms with Gasteiger partial charge >= 0.3 is 0 Å². The molecule has 3 aliphatic rings. The van der Waals surface area contributed by atoms with Gasteiger partial charge in [0.25, 0.3) is 5.91 Å². The molecule has 1 amide bonds. The number of benzene rings is 3. The van der Waals surface area contributed by atoms with E-state index in [0.717, 1.165) is 24.9 Å². The first-order chi connectivity index (χ1) is 17.8. The number of hydrogen-bond donors (Lipinski definition) is 3. The maximum Gasteiger partial charge on any atom is 0.251 e. The molecule has 2 atom stereocenters. The highest BCUT2D eigenvalue weighted by Gasteiger charge is 2.50. The molecule has 7 nitrogen and oxygen atoms in total. The van der Waals surface area contributed by atoms with Gasteiger partial charge in [-0.1, -0.05) is 41.9 Å². The summed E-state index contributed by atoms with van der Waals surface area (Å²) in [5.74, 6) is -2.98. The molecule has 0 spiro atoms. The number of ether oxygens (including phenoxy) is 3. The first kappa shape index (κ1) is 23.8. The quantitative estimate of drug-likeness (QED) is 0.436. The van der Waals surface area contributed by atoms with Crippen LogP contribution in [0.1, 0.15) is 34.3 Å². The molecule has 0 saturated carbocycles. The highest BCUT2D eigenvalue weighted by atomic mass is 35.5. The summed E-state index contributed by atoms with van der Waals surface area (Å²) in [4.78, 5) is 12.6. The molecule has 0 bridgehead atoms. The minimum atomic E-state index is -1.01. The van der Waals surface area contributed by atoms with E-state index in [1.807, 2.05) is 30.3 Å². The van der Waals surface area contributed by atoms with E-state index in [4.69, 9.17) is 37.3 Å². The lowest BCUT2D eigenvalue weighted by Gasteiger charge is -2.35. The SMILES string of the molecule is NC(=O)c1c(N)c2c(c(F)c1-c1c(Cl)c(F)cc3c1C[C@](c1ccccc1)(C1CCCN1)O3)OCCO2. The molecule has 10 heteroatoms. The standard InChI is InChI=1S/C27H24ClF2N3O4/c28-21-15(29)11-16-14(12-27(37-16,17-7-4-8-33-17)13-5-2-1-3-6-13)18(21)19-20(26(32)34)23(31)25-24(22(19)30)35-9-10-36-25/h1-3,5-6,11,17,33H,4,7-10,12,31H2,(H2,32,34)/t17?,27-/m0/s1. The summed E-state index contributed by atoms with van der Waals surface area (Å²) in [6.07, 6.45) is 2.01. The van der Waals surface area contributed by atoms with Gasteiger partial charge in [-0.15, -0.1) is 0 Å². The Balaban J connectivity index is 1.63. The van der Waals surface area contributed by atoms with E-state index in [9.17, 15) is 4.79 Å². The second-order valence-corrected chi connectivity index (χ2v) is 9.78. The van der Waals surface area contributed by atoms with Crippen molar-refractivity contribution in [1.29, 1.82) is 0 Å². The summed E-state index contributed by atoms with van der Waals surface area (Å²) in [5, 5.41) is 3.12. The second-order valence-electron chi connectivity index (χ2n) is 9.40. The van der Waals surface area contributed by atoms with Crippen LogP contribution in [0.4, 0.5) is 14.5 Å². The van der Waals surface area contributed by atoms with Crippen molar-refractivity contribution in [2.24, 2.45) is 5.73 Å². The normalized spacial score (nSPS) is 22.0. The Kier molecular flexibility index (Phi) is 5.65. The van der Waals surface area contributed by atoms with Crippen LogP contribution >= 0.6 is 11.6 Å². The molecule has 1 unspecified atom stereocenters. The summed E-state index contributed by atoms with van der Waals surface area (Å²) in [5.41, 5.74) is 11.4. The predicted molar refractivity (Wildman–Crippen MR) is 134 cm³/mol. The first-order valence-electron chi connectivity index (χ1n) is 12.0. The smallest absolute Gasteiger partial charge is 0.251 e. The van der Waals surface area contributed by atoms with E-state index in [1.54, 1.807) is 0 Å². The van der Waals surface area contributed by atoms with Crippen LogP contribution in [0, 0.1) is 11.6 Å². The molecule has 1 fully saturated rings. The molecule has 3 aromatic rings. The van der Waals surface area contributed by atoms with Gasteiger partial charge in [-0.3, -0.25) is 4.79 Å². The molecule has 3 aliphatic heterocycles. The Hall–Kier alpha value is -3.56. The number of halogens is 3. The Bertz CT molecular complexity index is 1430. The van der Waals surface area contributed by atoms with Gasteiger partial charge in [-0.05, 0) is 24.9 Å². The van der Waals surface area contributed by atoms with Crippen molar-refractivity contribution in [3.8, 4) is 28.4 Å². The number of hydrogen-bond acceptors (Lipinski definition) is 6. The number of nitrogen functional groups attached to an aromatic ring is 1. The summed E-state index contributed by atoms with van der Waals surface area (Å²) in [6, 6.07) is 10.7. The molecular formula is C27H24ClF2N3O4. The molecule has 3 aromatic carbocycles. The number of anilines is 1. The van der Waals surface area contributed by atoms with Crippen LogP contribution in [0.25, 0.3) is 11.1 Å². The van der Waals surface area contributed by atoms with Gasteiger partial charge in [-0.25, -0.2) is 8.78 Å². The summed E-state index contributed by atoms with van der Waals surface area (Å²) < 4.78 is 49.0. The molecule has 0 radical (unpaired) electrons. The molecule has 37 heavy (non-hydrogen) atoms. The zero-order chi connectivity index (χ0) is 25.9. The molecule has 1 saturated heterocycles. The van der Waals surface area contributed by atoms with E-state index in [-0.39, 0.29) is 70.3 Å². The van der Waals surface area contributed by atoms with E-state index in [2.05, 4.69) is 5.32 Å². The lowest BCUT2D eigenvalue weighted by molar-refractivity contribution is 0.0539. The van der Waals surface area contributed by atoms with Crippen molar-refractivity contribution in [1.82, 2.24) is 5.32 Å². The zero-order valence-electron chi connectivity index (χ0n) is 19.7. The lowest BCUT2D eigenvalue weighted by Crippen LogP contribution is -2.48. The third-order valence-electron chi connectivity index (χ3n) is 7.36. The number of nitrogens with one attached hydrogen (secondary N) is 1. The van der Waals surface area contributed by atoms with Gasteiger partial charge in [0.15, 0.2) is 22.9 Å². The molecular weight excluding hydrogens is 504 g/mol. The Morgan fingerprint density at radius 1 is 1.11 bits per heavy atom. The predicted octanol–water partition coefficient (Wildman–Crippen LogP) is 4.32. The number of primary amides is 1. The third-order valence-corrected chi connectivity index (χ3v) is 7.73. The number of fused-ring (bicyclic) bond motifs is 2. The van der Waals surface area contributed by atoms with Crippen molar-refractivity contribution in [3.63, 3.8) is 0 Å². The van der Waals surface area contributed by atoms with Gasteiger partial charge in [0.2, 0.25) is 0 Å². The van der Waals surface area contributed by atoms with Gasteiger partial charge in [-0.2, -0.15) is 0 Å². The monoisotopic (exact) mass is 527 g/mol. The highest BCUT2D eigenvalue weighted by molar-refractivity contribution is 6.34. The Labute approximate surface area is 216 Å². The zero-order valence-corrected chi connectivity index (χ0v) is 20.5. The van der Waals surface area contributed by atoms with Gasteiger partial charge in [0, 0.05) is 29.2 Å². The number of carbonyl (C=O) groups is 1. The highest BCUT2D eigenvalue weighted by Crippen LogP contribution is 2.54. The first-order valence-corrected chi connectivity index (χ1v) is 12.4. The molecule has 5 N–H and O–H groups in total. The van der Waals surface area contributed by atoms with Crippen LogP contribution in [0.2, 0.25) is 5.02 Å². The Morgan fingerprint density at radius 3 is 2.51 bits per heavy atom. The van der Waals surface area contributed by atoms with Crippen molar-refractivity contribution >= 4 is 23.2 Å². The minimum absolute atomic E-state index is 0.0394. The average molecular weight is 528 g/mol. The van der Waals surface area contributed by atoms with Crippen LogP contribution in [-0.4, -0.2) is 31.7 Å². The topological polar surface area (TPSA) is 109 Å². The summed E-state index contributed by atoms with van der Waals surface area (Å²) in [7, 11) is 0. The van der Waals surface area contributed by atoms with Crippen LogP contribution < -0.4 is 31.0 Å². The average Bonchev–Trinajstić information content (AvgIpc) is 3.57. The minimum Gasteiger partial charge on any atom is -0.484 e. The van der Waals surface area contributed by atoms with E-state index in [1.165, 1.54) is 6.07 Å². The van der Waals surface area contributed by atoms with Crippen molar-refractivity contribution in [3.05, 3.63) is 69.7 Å². The lowest BCUT2D eigenvalue weighted by atomic mass is 9.80. The third kappa shape index (κ3) is 3.52. The largest absolute Gasteiger partial charge is 0.484 e. The summed E-state index contributed by atoms with van der Waals surface area (Å²) >= 11 is 6.52. The fourth-order valence-corrected chi connectivity index (χ4v) is 6.03. The number of rotatable bonds is 4. The van der Waals surface area contributed by atoms with Crippen molar-refractivity contribution in [2.45, 2.75) is 30.9 Å². The van der Waals surface area contributed by atoms with Crippen LogP contribution in [0.15, 0.2) is 36.4 Å². The molecule has 6 rings (SSSR count). The molecule has 192 valence electrons. The molecule has 3 heterocycles. The number of carbonyl (C=O) groups excluding carboxylic acids is 1. The maximum atomic E-state index is 16.1. The van der Waals surface area contributed by atoms with Crippen LogP contribution in [-0.2, 0) is 12.0 Å². The van der Waals surface area contributed by atoms with E-state index < -0.39 is 23.1 Å². The van der Waals surface area contributed by atoms with E-state index >= 15 is 8.78 Å². The fraction of sp³-hybridized carbons (Fsp3) is 0.296. The van der Waals surface area contributed by atoms with Crippen LogP contribution in [0.5, 0.6) is 17.2 Å². The van der Waals surface area contributed by atoms with E-state index in [0.29, 0.717) is 5.56 Å². The summed E-state index contributed by atoms with van der Waals surface area (Å²) in [6.45, 7) is 0.994. The van der Waals surface area contributed by atoms with Crippen LogP contribution in [0.3, 0.4) is 0 Å². The van der Waals surface area contributed by atoms with Gasteiger partial charge in [0.1, 0.15) is 24.8 Å². The van der Waals surface area contributed by atoms with Gasteiger partial charge in [0.05, 0.1) is 22.3 Å². The van der Waals surface area contributed by atoms with Crippen molar-refractivity contribution < 1.29 is 27.8 Å². The maximum absolute atomic E-state index is 16.1. The Morgan fingerprint density at radius 2 is 1.84 bits per heavy atom. The van der Waals surface area contributed by atoms with Crippen molar-refractivity contribution in [2.75, 3.05) is 25.5 Å². The number of amides is 1.